The van der Waals surface area contributed by atoms with Crippen LogP contribution in [0.15, 0.2) is 64.2 Å². The average Bonchev–Trinajstić information content (AvgIpc) is 3.50. The lowest BCUT2D eigenvalue weighted by Crippen LogP contribution is -2.31. The summed E-state index contributed by atoms with van der Waals surface area (Å²) in [4.78, 5) is 28.4. The smallest absolute Gasteiger partial charge is 0.267 e. The lowest BCUT2D eigenvalue weighted by molar-refractivity contribution is -0.126. The number of benzene rings is 2. The molecular formula is C26H27N5O2S. The number of hydrogen-bond donors (Lipinski definition) is 0. The fourth-order valence-corrected chi connectivity index (χ4v) is 5.50. The average molecular weight is 474 g/mol. The first kappa shape index (κ1) is 22.4. The van der Waals surface area contributed by atoms with Gasteiger partial charge in [0, 0.05) is 12.2 Å². The Balaban J connectivity index is 1.60. The van der Waals surface area contributed by atoms with Gasteiger partial charge in [0.1, 0.15) is 0 Å². The Hall–Kier alpha value is -3.39. The monoisotopic (exact) mass is 473 g/mol. The number of rotatable bonds is 6. The van der Waals surface area contributed by atoms with Gasteiger partial charge in [-0.25, -0.2) is 4.57 Å². The molecule has 0 fully saturated rings. The number of fused-ring (bicyclic) bond motifs is 3. The Morgan fingerprint density at radius 1 is 1.15 bits per heavy atom. The van der Waals surface area contributed by atoms with Gasteiger partial charge in [-0.15, -0.1) is 10.2 Å². The van der Waals surface area contributed by atoms with Gasteiger partial charge in [-0.2, -0.15) is 0 Å². The molecule has 0 bridgehead atoms. The van der Waals surface area contributed by atoms with Crippen LogP contribution in [0.5, 0.6) is 0 Å². The van der Waals surface area contributed by atoms with Crippen molar-refractivity contribution in [3.05, 3.63) is 75.7 Å². The molecule has 0 unspecified atom stereocenters. The molecule has 0 N–H and O–H groups in total. The van der Waals surface area contributed by atoms with Crippen LogP contribution in [0.4, 0.5) is 0 Å². The van der Waals surface area contributed by atoms with E-state index in [2.05, 4.69) is 22.3 Å². The van der Waals surface area contributed by atoms with Gasteiger partial charge in [-0.3, -0.25) is 14.0 Å². The Bertz CT molecular complexity index is 1500. The molecular weight excluding hydrogens is 446 g/mol. The molecule has 1 amide bonds. The van der Waals surface area contributed by atoms with Gasteiger partial charge in [-0.1, -0.05) is 47.7 Å². The van der Waals surface area contributed by atoms with Crippen LogP contribution in [0.3, 0.4) is 0 Å². The van der Waals surface area contributed by atoms with Gasteiger partial charge in [0.2, 0.25) is 11.7 Å². The predicted octanol–water partition coefficient (Wildman–Crippen LogP) is 4.66. The zero-order chi connectivity index (χ0) is 23.8. The lowest BCUT2D eigenvalue weighted by atomic mass is 10.1. The minimum Gasteiger partial charge on any atom is -0.316 e. The highest BCUT2D eigenvalue weighted by Gasteiger charge is 2.22. The van der Waals surface area contributed by atoms with E-state index in [1.54, 1.807) is 4.57 Å². The summed E-state index contributed by atoms with van der Waals surface area (Å²) in [6.07, 6.45) is 5.24. The van der Waals surface area contributed by atoms with Crippen molar-refractivity contribution in [3.8, 4) is 5.69 Å². The maximum absolute atomic E-state index is 13.5. The Labute approximate surface area is 202 Å². The number of aryl methyl sites for hydroxylation is 2. The quantitative estimate of drug-likeness (QED) is 0.381. The fraction of sp³-hybridized carbons (Fsp3) is 0.308. The molecule has 5 rings (SSSR count). The van der Waals surface area contributed by atoms with Crippen LogP contribution in [0, 0.1) is 13.8 Å². The number of hydrogen-bond acceptors (Lipinski definition) is 5. The molecule has 1 aliphatic rings. The minimum absolute atomic E-state index is 0.0596. The van der Waals surface area contributed by atoms with Crippen molar-refractivity contribution in [2.75, 3.05) is 12.3 Å². The standard InChI is InChI=1S/C26H27N5O2S/c1-4-29(19-9-5-6-10-19)23(32)16-34-26-28-27-25-30(21-14-13-17(2)15-18(21)3)24(33)20-11-7-8-12-22(20)31(25)26/h7-9,11-15H,4-6,10,16H2,1-3H3. The largest absolute Gasteiger partial charge is 0.316 e. The van der Waals surface area contributed by atoms with E-state index in [1.165, 1.54) is 11.8 Å². The highest BCUT2D eigenvalue weighted by Crippen LogP contribution is 2.26. The number of nitrogens with zero attached hydrogens (tertiary/aromatic N) is 5. The van der Waals surface area contributed by atoms with Gasteiger partial charge in [-0.05, 0) is 63.8 Å². The number of aromatic nitrogens is 4. The second kappa shape index (κ2) is 9.10. The summed E-state index contributed by atoms with van der Waals surface area (Å²) in [6.45, 7) is 6.67. The van der Waals surface area contributed by atoms with Crippen molar-refractivity contribution in [1.29, 1.82) is 0 Å². The Morgan fingerprint density at radius 3 is 2.71 bits per heavy atom. The molecule has 0 saturated carbocycles. The number of amides is 1. The van der Waals surface area contributed by atoms with Crippen molar-refractivity contribution in [1.82, 2.24) is 24.1 Å². The highest BCUT2D eigenvalue weighted by molar-refractivity contribution is 7.99. The van der Waals surface area contributed by atoms with Crippen molar-refractivity contribution in [2.45, 2.75) is 45.2 Å². The second-order valence-corrected chi connectivity index (χ2v) is 9.52. The van der Waals surface area contributed by atoms with E-state index in [-0.39, 0.29) is 17.2 Å². The second-order valence-electron chi connectivity index (χ2n) is 8.58. The van der Waals surface area contributed by atoms with Crippen LogP contribution in [0.1, 0.15) is 37.3 Å². The number of thioether (sulfide) groups is 1. The first-order valence-electron chi connectivity index (χ1n) is 11.6. The molecule has 0 saturated heterocycles. The third-order valence-electron chi connectivity index (χ3n) is 6.29. The molecule has 2 aromatic heterocycles. The number of carbonyl (C=O) groups is 1. The molecule has 2 aromatic carbocycles. The molecule has 8 heteroatoms. The normalized spacial score (nSPS) is 13.6. The van der Waals surface area contributed by atoms with Gasteiger partial charge >= 0.3 is 0 Å². The summed E-state index contributed by atoms with van der Waals surface area (Å²) < 4.78 is 3.51. The van der Waals surface area contributed by atoms with Crippen LogP contribution in [0.2, 0.25) is 0 Å². The zero-order valence-electron chi connectivity index (χ0n) is 19.6. The molecule has 2 heterocycles. The van der Waals surface area contributed by atoms with Crippen molar-refractivity contribution in [3.63, 3.8) is 0 Å². The van der Waals surface area contributed by atoms with E-state index < -0.39 is 0 Å². The summed E-state index contributed by atoms with van der Waals surface area (Å²) in [5, 5.41) is 9.98. The van der Waals surface area contributed by atoms with Crippen molar-refractivity contribution >= 4 is 34.3 Å². The fourth-order valence-electron chi connectivity index (χ4n) is 4.69. The lowest BCUT2D eigenvalue weighted by Gasteiger charge is -2.22. The summed E-state index contributed by atoms with van der Waals surface area (Å²) in [5.74, 6) is 0.754. The number of carbonyl (C=O) groups excluding carboxylic acids is 1. The van der Waals surface area contributed by atoms with Gasteiger partial charge in [0.05, 0.1) is 22.3 Å². The predicted molar refractivity (Wildman–Crippen MR) is 136 cm³/mol. The molecule has 4 aromatic rings. The SMILES string of the molecule is CCN(C(=O)CSc1nnc2n(-c3ccc(C)cc3C)c(=O)c3ccccc3n12)C1=CCCC1. The maximum Gasteiger partial charge on any atom is 0.267 e. The van der Waals surface area contributed by atoms with Gasteiger partial charge in [0.25, 0.3) is 5.56 Å². The molecule has 0 spiro atoms. The van der Waals surface area contributed by atoms with E-state index >= 15 is 0 Å². The van der Waals surface area contributed by atoms with E-state index in [0.717, 1.165) is 47.3 Å². The molecule has 1 aliphatic carbocycles. The first-order chi connectivity index (χ1) is 16.5. The number of allylic oxidation sites excluding steroid dienone is 2. The van der Waals surface area contributed by atoms with Crippen LogP contribution in [0.25, 0.3) is 22.4 Å². The summed E-state index contributed by atoms with van der Waals surface area (Å²) >= 11 is 1.35. The molecule has 0 radical (unpaired) electrons. The van der Waals surface area contributed by atoms with E-state index in [4.69, 9.17) is 0 Å². The van der Waals surface area contributed by atoms with E-state index in [9.17, 15) is 9.59 Å². The van der Waals surface area contributed by atoms with Crippen LogP contribution in [-0.2, 0) is 4.79 Å². The van der Waals surface area contributed by atoms with Crippen molar-refractivity contribution < 1.29 is 4.79 Å². The van der Waals surface area contributed by atoms with E-state index in [0.29, 0.717) is 22.9 Å². The summed E-state index contributed by atoms with van der Waals surface area (Å²) in [5.41, 5.74) is 4.59. The maximum atomic E-state index is 13.5. The zero-order valence-corrected chi connectivity index (χ0v) is 20.4. The first-order valence-corrected chi connectivity index (χ1v) is 12.6. The van der Waals surface area contributed by atoms with Crippen molar-refractivity contribution in [2.24, 2.45) is 0 Å². The molecule has 0 aliphatic heterocycles. The Morgan fingerprint density at radius 2 is 1.97 bits per heavy atom. The summed E-state index contributed by atoms with van der Waals surface area (Å²) in [6, 6.07) is 13.5. The minimum atomic E-state index is -0.139. The summed E-state index contributed by atoms with van der Waals surface area (Å²) in [7, 11) is 0. The Kier molecular flexibility index (Phi) is 6.00. The third kappa shape index (κ3) is 3.81. The van der Waals surface area contributed by atoms with Gasteiger partial charge in [0.15, 0.2) is 5.16 Å². The third-order valence-corrected chi connectivity index (χ3v) is 7.21. The van der Waals surface area contributed by atoms with Crippen LogP contribution >= 0.6 is 11.8 Å². The number of para-hydroxylation sites is 1. The molecule has 7 nitrogen and oxygen atoms in total. The molecule has 174 valence electrons. The van der Waals surface area contributed by atoms with Crippen LogP contribution in [-0.4, -0.2) is 42.3 Å². The highest BCUT2D eigenvalue weighted by atomic mass is 32.2. The van der Waals surface area contributed by atoms with Crippen LogP contribution < -0.4 is 5.56 Å². The van der Waals surface area contributed by atoms with Gasteiger partial charge < -0.3 is 4.90 Å². The van der Waals surface area contributed by atoms with E-state index in [1.807, 2.05) is 66.5 Å². The topological polar surface area (TPSA) is 72.5 Å². The molecule has 0 atom stereocenters. The molecule has 34 heavy (non-hydrogen) atoms.